The lowest BCUT2D eigenvalue weighted by Crippen LogP contribution is -2.48. The second kappa shape index (κ2) is 4.51. The number of hydrogen-bond acceptors (Lipinski definition) is 5. The van der Waals surface area contributed by atoms with Crippen LogP contribution in [0.5, 0.6) is 5.88 Å². The van der Waals surface area contributed by atoms with Crippen LogP contribution in [-0.4, -0.2) is 21.2 Å². The third-order valence-corrected chi connectivity index (χ3v) is 5.89. The summed E-state index contributed by atoms with van der Waals surface area (Å²) in [6.07, 6.45) is 1.27. The average Bonchev–Trinajstić information content (AvgIpc) is 3.11. The number of aromatic hydroxyl groups is 1. The van der Waals surface area contributed by atoms with Crippen LogP contribution < -0.4 is 11.1 Å². The first-order valence-corrected chi connectivity index (χ1v) is 8.66. The highest BCUT2D eigenvalue weighted by Crippen LogP contribution is 2.43. The van der Waals surface area contributed by atoms with Crippen LogP contribution in [0.15, 0.2) is 34.6 Å². The monoisotopic (exact) mass is 342 g/mol. The summed E-state index contributed by atoms with van der Waals surface area (Å²) in [4.78, 5) is 4.63. The van der Waals surface area contributed by atoms with Crippen LogP contribution in [-0.2, 0) is 13.0 Å². The van der Waals surface area contributed by atoms with E-state index in [1.54, 1.807) is 17.4 Å². The molecular formula is C17H15FN4OS. The highest BCUT2D eigenvalue weighted by molar-refractivity contribution is 7.17. The molecule has 0 amide bonds. The Labute approximate surface area is 141 Å². The molecule has 3 aromatic rings. The number of amidine groups is 1. The first-order valence-electron chi connectivity index (χ1n) is 7.78. The number of anilines is 1. The Kier molecular flexibility index (Phi) is 2.60. The molecular weight excluding hydrogens is 327 g/mol. The summed E-state index contributed by atoms with van der Waals surface area (Å²) < 4.78 is 17.1. The van der Waals surface area contributed by atoms with Crippen molar-refractivity contribution in [2.45, 2.75) is 25.0 Å². The molecule has 4 heterocycles. The molecule has 7 heteroatoms. The lowest BCUT2D eigenvalue weighted by Gasteiger charge is -2.39. The van der Waals surface area contributed by atoms with Crippen molar-refractivity contribution in [3.8, 4) is 5.88 Å². The van der Waals surface area contributed by atoms with Crippen LogP contribution in [0.3, 0.4) is 0 Å². The highest BCUT2D eigenvalue weighted by atomic mass is 32.1. The van der Waals surface area contributed by atoms with Gasteiger partial charge in [-0.15, -0.1) is 11.3 Å². The quantitative estimate of drug-likeness (QED) is 0.588. The molecule has 5 nitrogen and oxygen atoms in total. The predicted octanol–water partition coefficient (Wildman–Crippen LogP) is 3.02. The van der Waals surface area contributed by atoms with Gasteiger partial charge in [0.1, 0.15) is 17.3 Å². The second-order valence-corrected chi connectivity index (χ2v) is 7.24. The molecule has 5 rings (SSSR count). The van der Waals surface area contributed by atoms with Crippen LogP contribution in [0.4, 0.5) is 10.1 Å². The fraction of sp³-hybridized carbons (Fsp3) is 0.235. The Balaban J connectivity index is 1.65. The molecule has 0 radical (unpaired) electrons. The maximum Gasteiger partial charge on any atom is 0.200 e. The summed E-state index contributed by atoms with van der Waals surface area (Å²) in [5, 5.41) is 16.6. The van der Waals surface area contributed by atoms with E-state index < -0.39 is 5.66 Å². The van der Waals surface area contributed by atoms with E-state index in [2.05, 4.69) is 10.3 Å². The molecule has 0 unspecified atom stereocenters. The number of aliphatic imine (C=N–C) groups is 1. The molecule has 2 aliphatic rings. The molecule has 2 aliphatic heterocycles. The molecule has 0 saturated heterocycles. The number of nitrogens with one attached hydrogen (secondary N) is 1. The molecule has 0 bridgehead atoms. The van der Waals surface area contributed by atoms with E-state index in [0.717, 1.165) is 15.8 Å². The molecule has 0 aliphatic carbocycles. The number of thiophene rings is 1. The number of fused-ring (bicyclic) bond motifs is 4. The van der Waals surface area contributed by atoms with Gasteiger partial charge in [0.15, 0.2) is 5.88 Å². The molecule has 2 aromatic heterocycles. The number of nitrogens with zero attached hydrogens (tertiary/aromatic N) is 2. The molecule has 1 atom stereocenters. The van der Waals surface area contributed by atoms with Crippen molar-refractivity contribution >= 4 is 32.9 Å². The first-order chi connectivity index (χ1) is 11.6. The van der Waals surface area contributed by atoms with E-state index >= 15 is 0 Å². The van der Waals surface area contributed by atoms with E-state index in [4.69, 9.17) is 5.73 Å². The second-order valence-electron chi connectivity index (χ2n) is 6.33. The Morgan fingerprint density at radius 3 is 3.12 bits per heavy atom. The smallest absolute Gasteiger partial charge is 0.200 e. The lowest BCUT2D eigenvalue weighted by molar-refractivity contribution is 0.331. The van der Waals surface area contributed by atoms with E-state index in [1.165, 1.54) is 6.07 Å². The third kappa shape index (κ3) is 1.70. The number of halogens is 1. The van der Waals surface area contributed by atoms with Crippen molar-refractivity contribution in [2.75, 3.05) is 5.32 Å². The van der Waals surface area contributed by atoms with Crippen LogP contribution in [0.25, 0.3) is 10.1 Å². The van der Waals surface area contributed by atoms with Crippen molar-refractivity contribution < 1.29 is 9.50 Å². The third-order valence-electron chi connectivity index (χ3n) is 4.93. The Morgan fingerprint density at radius 2 is 2.25 bits per heavy atom. The Hall–Kier alpha value is -2.54. The topological polar surface area (TPSA) is 75.6 Å². The van der Waals surface area contributed by atoms with Crippen molar-refractivity contribution in [1.82, 2.24) is 4.57 Å². The molecule has 0 fully saturated rings. The van der Waals surface area contributed by atoms with Crippen molar-refractivity contribution in [3.63, 3.8) is 0 Å². The van der Waals surface area contributed by atoms with Crippen LogP contribution in [0, 0.1) is 5.82 Å². The molecule has 0 saturated carbocycles. The zero-order valence-electron chi connectivity index (χ0n) is 12.7. The normalized spacial score (nSPS) is 22.1. The van der Waals surface area contributed by atoms with E-state index in [0.29, 0.717) is 36.5 Å². The summed E-state index contributed by atoms with van der Waals surface area (Å²) in [5.41, 5.74) is 7.56. The van der Waals surface area contributed by atoms with Gasteiger partial charge in [0, 0.05) is 30.8 Å². The summed E-state index contributed by atoms with van der Waals surface area (Å²) in [7, 11) is 0. The number of hydrogen-bond donors (Lipinski definition) is 3. The van der Waals surface area contributed by atoms with Gasteiger partial charge < -0.3 is 20.7 Å². The Bertz CT molecular complexity index is 1020. The van der Waals surface area contributed by atoms with Crippen molar-refractivity contribution in [1.29, 1.82) is 0 Å². The van der Waals surface area contributed by atoms with Gasteiger partial charge in [0.2, 0.25) is 0 Å². The van der Waals surface area contributed by atoms with Gasteiger partial charge in [-0.2, -0.15) is 0 Å². The van der Waals surface area contributed by atoms with E-state index in [-0.39, 0.29) is 11.7 Å². The van der Waals surface area contributed by atoms with Gasteiger partial charge >= 0.3 is 0 Å². The molecule has 122 valence electrons. The van der Waals surface area contributed by atoms with Gasteiger partial charge in [-0.3, -0.25) is 0 Å². The predicted molar refractivity (Wildman–Crippen MR) is 93.3 cm³/mol. The van der Waals surface area contributed by atoms with Crippen LogP contribution >= 0.6 is 11.3 Å². The van der Waals surface area contributed by atoms with Crippen LogP contribution in [0.1, 0.15) is 17.7 Å². The summed E-state index contributed by atoms with van der Waals surface area (Å²) in [6, 6.07) is 6.82. The molecule has 1 aromatic carbocycles. The Morgan fingerprint density at radius 1 is 1.38 bits per heavy atom. The minimum atomic E-state index is -0.595. The molecule has 1 spiro atoms. The zero-order chi connectivity index (χ0) is 16.5. The largest absolute Gasteiger partial charge is 0.494 e. The number of nitrogens with two attached hydrogens (primary N) is 1. The lowest BCUT2D eigenvalue weighted by atomic mass is 9.93. The average molecular weight is 342 g/mol. The number of rotatable bonds is 0. The number of benzene rings is 1. The van der Waals surface area contributed by atoms with Crippen molar-refractivity contribution in [2.24, 2.45) is 10.7 Å². The van der Waals surface area contributed by atoms with E-state index in [1.807, 2.05) is 22.1 Å². The zero-order valence-corrected chi connectivity index (χ0v) is 13.5. The van der Waals surface area contributed by atoms with Crippen LogP contribution in [0.2, 0.25) is 0 Å². The van der Waals surface area contributed by atoms with Gasteiger partial charge in [0.25, 0.3) is 0 Å². The minimum Gasteiger partial charge on any atom is -0.494 e. The van der Waals surface area contributed by atoms with Gasteiger partial charge in [-0.25, -0.2) is 9.38 Å². The van der Waals surface area contributed by atoms with Crippen molar-refractivity contribution in [3.05, 3.63) is 46.7 Å². The first kappa shape index (κ1) is 13.9. The SMILES string of the molecule is NC1=N[C@@]2(CCn3c(O)c4ccsc4c3C2)Nc2cccc(F)c21. The standard InChI is InChI=1S/C17H15FN4OS/c18-10-2-1-3-11-13(10)15(19)21-17(20-11)5-6-22-12(8-17)14-9(16(22)23)4-7-24-14/h1-4,7,20,23H,5-6,8H2,(H2,19,21)/t17-/m1/s1. The maximum atomic E-state index is 14.0. The molecule has 24 heavy (non-hydrogen) atoms. The minimum absolute atomic E-state index is 0.230. The van der Waals surface area contributed by atoms with Gasteiger partial charge in [-0.1, -0.05) is 6.07 Å². The molecule has 4 N–H and O–H groups in total. The summed E-state index contributed by atoms with van der Waals surface area (Å²) in [5.74, 6) is 0.178. The number of aromatic nitrogens is 1. The van der Waals surface area contributed by atoms with Gasteiger partial charge in [0.05, 0.1) is 15.6 Å². The van der Waals surface area contributed by atoms with E-state index in [9.17, 15) is 9.50 Å². The summed E-state index contributed by atoms with van der Waals surface area (Å²) in [6.45, 7) is 0.636. The fourth-order valence-corrected chi connectivity index (χ4v) is 4.78. The van der Waals surface area contributed by atoms with Gasteiger partial charge in [-0.05, 0) is 23.6 Å². The maximum absolute atomic E-state index is 14.0. The summed E-state index contributed by atoms with van der Waals surface area (Å²) >= 11 is 1.61. The highest BCUT2D eigenvalue weighted by Gasteiger charge is 2.40. The fourth-order valence-electron chi connectivity index (χ4n) is 3.84.